The van der Waals surface area contributed by atoms with E-state index in [1.54, 1.807) is 25.3 Å². The molecular weight excluding hydrogens is 258 g/mol. The van der Waals surface area contributed by atoms with Crippen LogP contribution in [0.1, 0.15) is 41.6 Å². The highest BCUT2D eigenvalue weighted by atomic mass is 16.5. The number of hydrogen-bond acceptors (Lipinski definition) is 3. The Hall–Kier alpha value is -1.88. The van der Waals surface area contributed by atoms with Crippen LogP contribution in [0.5, 0.6) is 0 Å². The molecule has 2 rings (SSSR count). The highest BCUT2D eigenvalue weighted by Crippen LogP contribution is 2.35. The predicted octanol–water partition coefficient (Wildman–Crippen LogP) is 1.96. The molecule has 0 heterocycles. The molecule has 5 nitrogen and oxygen atoms in total. The minimum absolute atomic E-state index is 0.0174. The standard InChI is InChI=1S/C15H19NO4/c1-20-10-11-4-2-5-12(8-11)14(19)16-15(6-3-7-15)9-13(17)18/h2,4-5,8H,3,6-7,9-10H2,1H3,(H,16,19)(H,17,18). The second-order valence-electron chi connectivity index (χ2n) is 5.29. The van der Waals surface area contributed by atoms with E-state index in [0.717, 1.165) is 24.8 Å². The SMILES string of the molecule is COCc1cccc(C(=O)NC2(CC(=O)O)CCC2)c1. The van der Waals surface area contributed by atoms with E-state index in [1.165, 1.54) is 0 Å². The number of carboxylic acids is 1. The summed E-state index contributed by atoms with van der Waals surface area (Å²) < 4.78 is 5.04. The Balaban J connectivity index is 2.07. The number of amides is 1. The van der Waals surface area contributed by atoms with Crippen LogP contribution in [0.2, 0.25) is 0 Å². The number of carboxylic acid groups (broad SMARTS) is 1. The third kappa shape index (κ3) is 3.36. The third-order valence-corrected chi connectivity index (χ3v) is 3.68. The maximum atomic E-state index is 12.2. The van der Waals surface area contributed by atoms with Crippen LogP contribution >= 0.6 is 0 Å². The molecule has 1 aliphatic carbocycles. The Kier molecular flexibility index (Phi) is 4.39. The van der Waals surface area contributed by atoms with Gasteiger partial charge in [0.1, 0.15) is 0 Å². The van der Waals surface area contributed by atoms with Crippen LogP contribution in [-0.2, 0) is 16.1 Å². The van der Waals surface area contributed by atoms with E-state index in [4.69, 9.17) is 9.84 Å². The first-order chi connectivity index (χ1) is 9.54. The largest absolute Gasteiger partial charge is 0.481 e. The molecule has 0 aliphatic heterocycles. The van der Waals surface area contributed by atoms with Crippen molar-refractivity contribution in [1.29, 1.82) is 0 Å². The Bertz CT molecular complexity index is 508. The molecule has 0 radical (unpaired) electrons. The van der Waals surface area contributed by atoms with Crippen LogP contribution < -0.4 is 5.32 Å². The number of nitrogens with one attached hydrogen (secondary N) is 1. The lowest BCUT2D eigenvalue weighted by Crippen LogP contribution is -2.54. The van der Waals surface area contributed by atoms with E-state index in [-0.39, 0.29) is 12.3 Å². The number of carbonyl (C=O) groups excluding carboxylic acids is 1. The summed E-state index contributed by atoms with van der Waals surface area (Å²) in [7, 11) is 1.60. The molecule has 1 aliphatic rings. The van der Waals surface area contributed by atoms with Gasteiger partial charge in [-0.25, -0.2) is 0 Å². The van der Waals surface area contributed by atoms with Crippen LogP contribution in [0.15, 0.2) is 24.3 Å². The molecule has 0 bridgehead atoms. The molecule has 0 unspecified atom stereocenters. The number of methoxy groups -OCH3 is 1. The molecule has 1 saturated carbocycles. The molecule has 0 atom stereocenters. The summed E-state index contributed by atoms with van der Waals surface area (Å²) in [6, 6.07) is 7.18. The van der Waals surface area contributed by atoms with Crippen LogP contribution in [0, 0.1) is 0 Å². The van der Waals surface area contributed by atoms with Gasteiger partial charge in [-0.15, -0.1) is 0 Å². The van der Waals surface area contributed by atoms with E-state index in [0.29, 0.717) is 12.2 Å². The van der Waals surface area contributed by atoms with Crippen LogP contribution in [0.4, 0.5) is 0 Å². The summed E-state index contributed by atoms with van der Waals surface area (Å²) in [4.78, 5) is 23.1. The number of carbonyl (C=O) groups is 2. The molecule has 108 valence electrons. The molecule has 5 heteroatoms. The molecular formula is C15H19NO4. The maximum Gasteiger partial charge on any atom is 0.305 e. The second kappa shape index (κ2) is 6.05. The van der Waals surface area contributed by atoms with Crippen molar-refractivity contribution in [2.45, 2.75) is 37.8 Å². The van der Waals surface area contributed by atoms with Gasteiger partial charge >= 0.3 is 5.97 Å². The van der Waals surface area contributed by atoms with Crippen molar-refractivity contribution in [1.82, 2.24) is 5.32 Å². The fourth-order valence-corrected chi connectivity index (χ4v) is 2.52. The van der Waals surface area contributed by atoms with Crippen molar-refractivity contribution in [3.63, 3.8) is 0 Å². The molecule has 0 saturated heterocycles. The van der Waals surface area contributed by atoms with Crippen molar-refractivity contribution in [3.8, 4) is 0 Å². The monoisotopic (exact) mass is 277 g/mol. The Morgan fingerprint density at radius 1 is 1.40 bits per heavy atom. The van der Waals surface area contributed by atoms with Gasteiger partial charge in [0.05, 0.1) is 18.6 Å². The highest BCUT2D eigenvalue weighted by Gasteiger charge is 2.40. The van der Waals surface area contributed by atoms with Crippen molar-refractivity contribution < 1.29 is 19.4 Å². The van der Waals surface area contributed by atoms with Crippen molar-refractivity contribution >= 4 is 11.9 Å². The fraction of sp³-hybridized carbons (Fsp3) is 0.467. The normalized spacial score (nSPS) is 16.2. The first-order valence-electron chi connectivity index (χ1n) is 6.67. The zero-order valence-corrected chi connectivity index (χ0v) is 11.5. The summed E-state index contributed by atoms with van der Waals surface area (Å²) in [5.74, 6) is -1.10. The summed E-state index contributed by atoms with van der Waals surface area (Å²) in [5.41, 5.74) is 0.887. The molecule has 0 spiro atoms. The van der Waals surface area contributed by atoms with Crippen molar-refractivity contribution in [2.24, 2.45) is 0 Å². The zero-order valence-electron chi connectivity index (χ0n) is 11.5. The van der Waals surface area contributed by atoms with Crippen LogP contribution in [0.3, 0.4) is 0 Å². The second-order valence-corrected chi connectivity index (χ2v) is 5.29. The van der Waals surface area contributed by atoms with Gasteiger partial charge in [-0.1, -0.05) is 12.1 Å². The van der Waals surface area contributed by atoms with Crippen molar-refractivity contribution in [3.05, 3.63) is 35.4 Å². The van der Waals surface area contributed by atoms with E-state index >= 15 is 0 Å². The Morgan fingerprint density at radius 2 is 2.15 bits per heavy atom. The van der Waals surface area contributed by atoms with Gasteiger partial charge in [-0.3, -0.25) is 9.59 Å². The smallest absolute Gasteiger partial charge is 0.305 e. The van der Waals surface area contributed by atoms with E-state index < -0.39 is 11.5 Å². The minimum Gasteiger partial charge on any atom is -0.481 e. The summed E-state index contributed by atoms with van der Waals surface area (Å²) in [6.45, 7) is 0.446. The van der Waals surface area contributed by atoms with E-state index in [2.05, 4.69) is 5.32 Å². The molecule has 20 heavy (non-hydrogen) atoms. The summed E-state index contributed by atoms with van der Waals surface area (Å²) >= 11 is 0. The first-order valence-corrected chi connectivity index (χ1v) is 6.67. The van der Waals surface area contributed by atoms with Gasteiger partial charge in [0.25, 0.3) is 5.91 Å². The van der Waals surface area contributed by atoms with E-state index in [1.807, 2.05) is 6.07 Å². The number of rotatable bonds is 6. The predicted molar refractivity (Wildman–Crippen MR) is 73.5 cm³/mol. The molecule has 1 amide bonds. The molecule has 0 aromatic heterocycles. The van der Waals surface area contributed by atoms with Gasteiger partial charge < -0.3 is 15.2 Å². The molecule has 2 N–H and O–H groups in total. The topological polar surface area (TPSA) is 75.6 Å². The maximum absolute atomic E-state index is 12.2. The molecule has 1 fully saturated rings. The average Bonchev–Trinajstić information content (AvgIpc) is 2.36. The zero-order chi connectivity index (χ0) is 14.6. The Labute approximate surface area is 117 Å². The number of ether oxygens (including phenoxy) is 1. The van der Waals surface area contributed by atoms with Crippen LogP contribution in [-0.4, -0.2) is 29.6 Å². The third-order valence-electron chi connectivity index (χ3n) is 3.68. The Morgan fingerprint density at radius 3 is 2.70 bits per heavy atom. The van der Waals surface area contributed by atoms with Crippen LogP contribution in [0.25, 0.3) is 0 Å². The lowest BCUT2D eigenvalue weighted by Gasteiger charge is -2.41. The summed E-state index contributed by atoms with van der Waals surface area (Å²) in [6.07, 6.45) is 2.39. The average molecular weight is 277 g/mol. The van der Waals surface area contributed by atoms with E-state index in [9.17, 15) is 9.59 Å². The van der Waals surface area contributed by atoms with Gasteiger partial charge in [-0.2, -0.15) is 0 Å². The van der Waals surface area contributed by atoms with Gasteiger partial charge in [0, 0.05) is 12.7 Å². The number of benzene rings is 1. The number of hydrogen-bond donors (Lipinski definition) is 2. The molecule has 1 aromatic rings. The minimum atomic E-state index is -0.877. The fourth-order valence-electron chi connectivity index (χ4n) is 2.52. The van der Waals surface area contributed by atoms with Gasteiger partial charge in [0.2, 0.25) is 0 Å². The lowest BCUT2D eigenvalue weighted by molar-refractivity contribution is -0.139. The molecule has 1 aromatic carbocycles. The van der Waals surface area contributed by atoms with Crippen molar-refractivity contribution in [2.75, 3.05) is 7.11 Å². The van der Waals surface area contributed by atoms with Gasteiger partial charge in [0.15, 0.2) is 0 Å². The number of aliphatic carboxylic acids is 1. The van der Waals surface area contributed by atoms with Gasteiger partial charge in [-0.05, 0) is 37.0 Å². The summed E-state index contributed by atoms with van der Waals surface area (Å²) in [5, 5.41) is 11.8. The quantitative estimate of drug-likeness (QED) is 0.833. The first kappa shape index (κ1) is 14.5. The highest BCUT2D eigenvalue weighted by molar-refractivity contribution is 5.95. The lowest BCUT2D eigenvalue weighted by atomic mass is 9.74.